The van der Waals surface area contributed by atoms with Crippen LogP contribution in [-0.4, -0.2) is 29.9 Å². The minimum absolute atomic E-state index is 0.0847. The van der Waals surface area contributed by atoms with E-state index in [2.05, 4.69) is 34.9 Å². The molecule has 0 aliphatic carbocycles. The van der Waals surface area contributed by atoms with Gasteiger partial charge in [-0.25, -0.2) is 4.79 Å². The van der Waals surface area contributed by atoms with E-state index in [0.717, 1.165) is 12.0 Å². The van der Waals surface area contributed by atoms with Crippen LogP contribution in [0, 0.1) is 0 Å². The zero-order valence-electron chi connectivity index (χ0n) is 21.2. The van der Waals surface area contributed by atoms with Gasteiger partial charge >= 0.3 is 6.03 Å². The normalized spacial score (nSPS) is 10.7. The highest BCUT2D eigenvalue weighted by atomic mass is 35.5. The summed E-state index contributed by atoms with van der Waals surface area (Å²) in [7, 11) is 0. The van der Waals surface area contributed by atoms with E-state index in [-0.39, 0.29) is 30.8 Å². The van der Waals surface area contributed by atoms with Crippen molar-refractivity contribution in [2.24, 2.45) is 0 Å². The molecule has 4 aromatic carbocycles. The second-order valence-electron chi connectivity index (χ2n) is 9.11. The standard InChI is InChI=1S/C32H32ClN3O2/c33-28-17-10-18-29(23-28)35-32(38)36(24-25-11-4-1-5-12-25)22-20-31(37)34-21-19-30(26-13-6-2-7-14-26)27-15-8-3-9-16-27/h1-18,23,30H,19-22,24H2,(H,34,37)(H,35,38). The Hall–Kier alpha value is -4.09. The summed E-state index contributed by atoms with van der Waals surface area (Å²) in [5.74, 6) is 0.106. The summed E-state index contributed by atoms with van der Waals surface area (Å²) in [6, 6.07) is 37.2. The van der Waals surface area contributed by atoms with E-state index in [1.165, 1.54) is 11.1 Å². The van der Waals surface area contributed by atoms with Gasteiger partial charge in [0.05, 0.1) is 0 Å². The molecule has 0 aliphatic heterocycles. The fourth-order valence-corrected chi connectivity index (χ4v) is 4.59. The van der Waals surface area contributed by atoms with Crippen molar-refractivity contribution in [2.75, 3.05) is 18.4 Å². The van der Waals surface area contributed by atoms with Gasteiger partial charge in [-0.05, 0) is 41.3 Å². The van der Waals surface area contributed by atoms with Gasteiger partial charge < -0.3 is 15.5 Å². The van der Waals surface area contributed by atoms with E-state index >= 15 is 0 Å². The zero-order chi connectivity index (χ0) is 26.6. The topological polar surface area (TPSA) is 61.4 Å². The first-order valence-electron chi connectivity index (χ1n) is 12.8. The van der Waals surface area contributed by atoms with Crippen molar-refractivity contribution in [3.05, 3.63) is 137 Å². The molecule has 0 aromatic heterocycles. The predicted octanol–water partition coefficient (Wildman–Crippen LogP) is 7.10. The molecule has 38 heavy (non-hydrogen) atoms. The Bertz CT molecular complexity index is 1260. The van der Waals surface area contributed by atoms with Crippen molar-refractivity contribution < 1.29 is 9.59 Å². The first kappa shape index (κ1) is 27.0. The summed E-state index contributed by atoms with van der Waals surface area (Å²) in [6.07, 6.45) is 0.986. The van der Waals surface area contributed by atoms with Gasteiger partial charge in [-0.2, -0.15) is 0 Å². The molecule has 0 saturated heterocycles. The third-order valence-electron chi connectivity index (χ3n) is 6.35. The van der Waals surface area contributed by atoms with Gasteiger partial charge in [-0.15, -0.1) is 0 Å². The van der Waals surface area contributed by atoms with Crippen molar-refractivity contribution in [3.8, 4) is 0 Å². The number of rotatable bonds is 11. The highest BCUT2D eigenvalue weighted by molar-refractivity contribution is 6.30. The van der Waals surface area contributed by atoms with Crippen LogP contribution < -0.4 is 10.6 Å². The third-order valence-corrected chi connectivity index (χ3v) is 6.58. The fraction of sp³-hybridized carbons (Fsp3) is 0.188. The minimum atomic E-state index is -0.280. The molecular formula is C32H32ClN3O2. The van der Waals surface area contributed by atoms with Crippen molar-refractivity contribution in [3.63, 3.8) is 0 Å². The van der Waals surface area contributed by atoms with Gasteiger partial charge in [0.1, 0.15) is 0 Å². The van der Waals surface area contributed by atoms with Crippen LogP contribution >= 0.6 is 11.6 Å². The third kappa shape index (κ3) is 8.22. The predicted molar refractivity (Wildman–Crippen MR) is 154 cm³/mol. The van der Waals surface area contributed by atoms with Crippen LogP contribution in [0.15, 0.2) is 115 Å². The number of hydrogen-bond donors (Lipinski definition) is 2. The van der Waals surface area contributed by atoms with Crippen LogP contribution in [0.4, 0.5) is 10.5 Å². The Kier molecular flexibility index (Phi) is 9.94. The second-order valence-corrected chi connectivity index (χ2v) is 9.55. The highest BCUT2D eigenvalue weighted by Gasteiger charge is 2.17. The minimum Gasteiger partial charge on any atom is -0.356 e. The van der Waals surface area contributed by atoms with E-state index in [0.29, 0.717) is 23.8 Å². The van der Waals surface area contributed by atoms with Crippen molar-refractivity contribution in [1.29, 1.82) is 0 Å². The van der Waals surface area contributed by atoms with E-state index in [1.54, 1.807) is 29.2 Å². The molecule has 0 aliphatic rings. The van der Waals surface area contributed by atoms with Crippen LogP contribution in [-0.2, 0) is 11.3 Å². The molecular weight excluding hydrogens is 494 g/mol. The van der Waals surface area contributed by atoms with Crippen molar-refractivity contribution in [2.45, 2.75) is 25.3 Å². The second kappa shape index (κ2) is 14.0. The molecule has 0 unspecified atom stereocenters. The summed E-state index contributed by atoms with van der Waals surface area (Å²) >= 11 is 6.07. The highest BCUT2D eigenvalue weighted by Crippen LogP contribution is 2.27. The first-order valence-corrected chi connectivity index (χ1v) is 13.2. The number of halogens is 1. The lowest BCUT2D eigenvalue weighted by molar-refractivity contribution is -0.121. The Morgan fingerprint density at radius 1 is 0.763 bits per heavy atom. The maximum atomic E-state index is 13.1. The van der Waals surface area contributed by atoms with E-state index in [9.17, 15) is 9.59 Å². The van der Waals surface area contributed by atoms with Gasteiger partial charge in [0.15, 0.2) is 0 Å². The van der Waals surface area contributed by atoms with Crippen LogP contribution in [0.2, 0.25) is 5.02 Å². The van der Waals surface area contributed by atoms with Gasteiger partial charge in [-0.3, -0.25) is 4.79 Å². The monoisotopic (exact) mass is 525 g/mol. The molecule has 0 spiro atoms. The number of benzene rings is 4. The summed E-state index contributed by atoms with van der Waals surface area (Å²) in [5.41, 5.74) is 4.04. The Morgan fingerprint density at radius 3 is 1.97 bits per heavy atom. The number of anilines is 1. The molecule has 0 fully saturated rings. The molecule has 4 rings (SSSR count). The number of hydrogen-bond acceptors (Lipinski definition) is 2. The van der Waals surface area contributed by atoms with E-state index < -0.39 is 0 Å². The largest absolute Gasteiger partial charge is 0.356 e. The SMILES string of the molecule is O=C(CCN(Cc1ccccc1)C(=O)Nc1cccc(Cl)c1)NCCC(c1ccccc1)c1ccccc1. The molecule has 3 amide bonds. The zero-order valence-corrected chi connectivity index (χ0v) is 22.0. The Morgan fingerprint density at radius 2 is 1.37 bits per heavy atom. The summed E-state index contributed by atoms with van der Waals surface area (Å²) < 4.78 is 0. The van der Waals surface area contributed by atoms with E-state index in [4.69, 9.17) is 11.6 Å². The van der Waals surface area contributed by atoms with Crippen LogP contribution in [0.1, 0.15) is 35.4 Å². The lowest BCUT2D eigenvalue weighted by atomic mass is 9.88. The first-order chi connectivity index (χ1) is 18.6. The molecule has 0 saturated carbocycles. The summed E-state index contributed by atoms with van der Waals surface area (Å²) in [6.45, 7) is 1.22. The Labute approximate surface area is 229 Å². The van der Waals surface area contributed by atoms with Crippen LogP contribution in [0.3, 0.4) is 0 Å². The van der Waals surface area contributed by atoms with Crippen molar-refractivity contribution in [1.82, 2.24) is 10.2 Å². The number of nitrogens with zero attached hydrogens (tertiary/aromatic N) is 1. The van der Waals surface area contributed by atoms with Crippen molar-refractivity contribution >= 4 is 29.2 Å². The smallest absolute Gasteiger partial charge is 0.322 e. The fourth-order valence-electron chi connectivity index (χ4n) is 4.40. The van der Waals surface area contributed by atoms with Crippen LogP contribution in [0.25, 0.3) is 0 Å². The molecule has 0 heterocycles. The molecule has 4 aromatic rings. The average molecular weight is 526 g/mol. The quantitative estimate of drug-likeness (QED) is 0.219. The number of amides is 3. The summed E-state index contributed by atoms with van der Waals surface area (Å²) in [5, 5.41) is 6.49. The molecule has 2 N–H and O–H groups in total. The van der Waals surface area contributed by atoms with E-state index in [1.807, 2.05) is 66.7 Å². The number of nitrogens with one attached hydrogen (secondary N) is 2. The lowest BCUT2D eigenvalue weighted by Crippen LogP contribution is -2.37. The number of carbonyl (C=O) groups excluding carboxylic acids is 2. The molecule has 0 bridgehead atoms. The maximum Gasteiger partial charge on any atom is 0.322 e. The number of carbonyl (C=O) groups is 2. The number of urea groups is 1. The van der Waals surface area contributed by atoms with Gasteiger partial charge in [-0.1, -0.05) is 109 Å². The maximum absolute atomic E-state index is 13.1. The van der Waals surface area contributed by atoms with Gasteiger partial charge in [0, 0.05) is 42.7 Å². The van der Waals surface area contributed by atoms with Crippen LogP contribution in [0.5, 0.6) is 0 Å². The molecule has 5 nitrogen and oxygen atoms in total. The summed E-state index contributed by atoms with van der Waals surface area (Å²) in [4.78, 5) is 27.5. The molecule has 194 valence electrons. The molecule has 6 heteroatoms. The van der Waals surface area contributed by atoms with Gasteiger partial charge in [0.25, 0.3) is 0 Å². The molecule has 0 radical (unpaired) electrons. The molecule has 0 atom stereocenters. The van der Waals surface area contributed by atoms with Gasteiger partial charge in [0.2, 0.25) is 5.91 Å². The lowest BCUT2D eigenvalue weighted by Gasteiger charge is -2.23. The Balaban J connectivity index is 1.34. The average Bonchev–Trinajstić information content (AvgIpc) is 2.95.